The topological polar surface area (TPSA) is 40.1 Å². The van der Waals surface area contributed by atoms with Gasteiger partial charge >= 0.3 is 0 Å². The van der Waals surface area contributed by atoms with Crippen LogP contribution in [0, 0.1) is 0 Å². The number of guanidine groups is 1. The van der Waals surface area contributed by atoms with Crippen LogP contribution in [-0.2, 0) is 6.54 Å². The Morgan fingerprint density at radius 1 is 1.17 bits per heavy atom. The fraction of sp³-hybridized carbons (Fsp3) is 0.632. The average molecular weight is 335 g/mol. The highest BCUT2D eigenvalue weighted by molar-refractivity contribution is 5.79. The summed E-state index contributed by atoms with van der Waals surface area (Å²) in [6.45, 7) is 9.59. The first-order valence-corrected chi connectivity index (χ1v) is 8.92. The zero-order valence-corrected chi connectivity index (χ0v) is 16.0. The minimum atomic E-state index is 0.767. The van der Waals surface area contributed by atoms with Gasteiger partial charge in [-0.25, -0.2) is 0 Å². The first kappa shape index (κ1) is 20.3. The molecule has 1 N–H and O–H groups in total. The molecule has 0 aliphatic heterocycles. The van der Waals surface area contributed by atoms with Crippen molar-refractivity contribution >= 4 is 5.96 Å². The predicted molar refractivity (Wildman–Crippen MR) is 103 cm³/mol. The summed E-state index contributed by atoms with van der Waals surface area (Å²) in [5.41, 5.74) is 1.16. The molecule has 136 valence electrons. The summed E-state index contributed by atoms with van der Waals surface area (Å²) in [5, 5.41) is 3.45. The average Bonchev–Trinajstić information content (AvgIpc) is 2.61. The first-order valence-electron chi connectivity index (χ1n) is 8.92. The van der Waals surface area contributed by atoms with E-state index >= 15 is 0 Å². The number of ether oxygens (including phenoxy) is 1. The Balaban J connectivity index is 2.40. The van der Waals surface area contributed by atoms with Crippen molar-refractivity contribution in [2.24, 2.45) is 4.99 Å². The normalized spacial score (nSPS) is 11.7. The van der Waals surface area contributed by atoms with E-state index in [1.54, 1.807) is 7.11 Å². The summed E-state index contributed by atoms with van der Waals surface area (Å²) in [4.78, 5) is 8.97. The van der Waals surface area contributed by atoms with Gasteiger partial charge in [0.2, 0.25) is 0 Å². The van der Waals surface area contributed by atoms with Gasteiger partial charge in [0, 0.05) is 32.7 Å². The molecule has 0 fully saturated rings. The van der Waals surface area contributed by atoms with Crippen LogP contribution in [0.3, 0.4) is 0 Å². The first-order chi connectivity index (χ1) is 11.7. The van der Waals surface area contributed by atoms with E-state index in [9.17, 15) is 0 Å². The van der Waals surface area contributed by atoms with Gasteiger partial charge in [-0.15, -0.1) is 0 Å². The zero-order chi connectivity index (χ0) is 17.8. The van der Waals surface area contributed by atoms with Crippen LogP contribution in [0.4, 0.5) is 0 Å². The quantitative estimate of drug-likeness (QED) is 0.406. The Bertz CT molecular complexity index is 486. The van der Waals surface area contributed by atoms with Gasteiger partial charge in [0.1, 0.15) is 5.75 Å². The summed E-state index contributed by atoms with van der Waals surface area (Å²) in [5.74, 6) is 1.84. The Kier molecular flexibility index (Phi) is 9.92. The third-order valence-electron chi connectivity index (χ3n) is 4.25. The molecule has 0 saturated carbocycles. The summed E-state index contributed by atoms with van der Waals surface area (Å²) in [6.07, 6.45) is 2.36. The molecule has 24 heavy (non-hydrogen) atoms. The largest absolute Gasteiger partial charge is 0.496 e. The maximum absolute atomic E-state index is 5.42. The molecule has 1 aromatic rings. The third kappa shape index (κ3) is 6.79. The lowest BCUT2D eigenvalue weighted by molar-refractivity contribution is 0.297. The van der Waals surface area contributed by atoms with Crippen molar-refractivity contribution in [2.75, 3.05) is 47.4 Å². The Labute approximate surface area is 147 Å². The summed E-state index contributed by atoms with van der Waals surface area (Å²) in [7, 11) is 5.59. The summed E-state index contributed by atoms with van der Waals surface area (Å²) < 4.78 is 5.42. The molecule has 0 aliphatic rings. The molecule has 0 aliphatic carbocycles. The molecule has 0 spiro atoms. The van der Waals surface area contributed by atoms with E-state index in [0.717, 1.165) is 49.9 Å². The fourth-order valence-corrected chi connectivity index (χ4v) is 2.75. The van der Waals surface area contributed by atoms with Crippen LogP contribution in [0.1, 0.15) is 32.3 Å². The van der Waals surface area contributed by atoms with Crippen molar-refractivity contribution in [3.63, 3.8) is 0 Å². The highest BCUT2D eigenvalue weighted by atomic mass is 16.5. The van der Waals surface area contributed by atoms with Crippen molar-refractivity contribution in [1.82, 2.24) is 15.1 Å². The van der Waals surface area contributed by atoms with Crippen molar-refractivity contribution < 1.29 is 4.74 Å². The number of nitrogens with one attached hydrogen (secondary N) is 1. The number of hydrogen-bond acceptors (Lipinski definition) is 3. The highest BCUT2D eigenvalue weighted by Crippen LogP contribution is 2.18. The molecule has 1 aromatic carbocycles. The monoisotopic (exact) mass is 334 g/mol. The van der Waals surface area contributed by atoms with Gasteiger partial charge in [-0.05, 0) is 38.5 Å². The number of methoxy groups -OCH3 is 1. The van der Waals surface area contributed by atoms with Crippen LogP contribution in [0.2, 0.25) is 0 Å². The van der Waals surface area contributed by atoms with Crippen molar-refractivity contribution in [3.8, 4) is 5.75 Å². The van der Waals surface area contributed by atoms with Gasteiger partial charge in [-0.1, -0.05) is 32.0 Å². The Morgan fingerprint density at radius 2 is 1.88 bits per heavy atom. The SMILES string of the molecule is CCN(CC)CCCCNC(=NC)N(C)Cc1ccccc1OC. The predicted octanol–water partition coefficient (Wildman–Crippen LogP) is 2.82. The number of benzene rings is 1. The molecule has 0 atom stereocenters. The second-order valence-corrected chi connectivity index (χ2v) is 5.88. The molecule has 0 aromatic heterocycles. The third-order valence-corrected chi connectivity index (χ3v) is 4.25. The van der Waals surface area contributed by atoms with Gasteiger partial charge < -0.3 is 19.9 Å². The fourth-order valence-electron chi connectivity index (χ4n) is 2.75. The van der Waals surface area contributed by atoms with Crippen LogP contribution in [0.25, 0.3) is 0 Å². The van der Waals surface area contributed by atoms with E-state index in [1.807, 2.05) is 25.2 Å². The lowest BCUT2D eigenvalue weighted by atomic mass is 10.2. The van der Waals surface area contributed by atoms with E-state index in [1.165, 1.54) is 13.0 Å². The van der Waals surface area contributed by atoms with Gasteiger partial charge in [-0.3, -0.25) is 4.99 Å². The number of para-hydroxylation sites is 1. The molecule has 0 amide bonds. The molecule has 0 unspecified atom stereocenters. The van der Waals surface area contributed by atoms with Crippen LogP contribution < -0.4 is 10.1 Å². The van der Waals surface area contributed by atoms with Gasteiger partial charge in [0.05, 0.1) is 7.11 Å². The van der Waals surface area contributed by atoms with Crippen molar-refractivity contribution in [3.05, 3.63) is 29.8 Å². The molecular formula is C19H34N4O. The zero-order valence-electron chi connectivity index (χ0n) is 16.0. The van der Waals surface area contributed by atoms with Gasteiger partial charge in [0.25, 0.3) is 0 Å². The van der Waals surface area contributed by atoms with Crippen LogP contribution >= 0.6 is 0 Å². The lowest BCUT2D eigenvalue weighted by Gasteiger charge is -2.23. The Hall–Kier alpha value is -1.75. The van der Waals surface area contributed by atoms with E-state index < -0.39 is 0 Å². The second-order valence-electron chi connectivity index (χ2n) is 5.88. The molecule has 5 heteroatoms. The van der Waals surface area contributed by atoms with Crippen LogP contribution in [0.15, 0.2) is 29.3 Å². The minimum absolute atomic E-state index is 0.767. The van der Waals surface area contributed by atoms with E-state index in [2.05, 4.69) is 47.1 Å². The Morgan fingerprint density at radius 3 is 2.50 bits per heavy atom. The maximum atomic E-state index is 5.42. The smallest absolute Gasteiger partial charge is 0.193 e. The molecule has 0 bridgehead atoms. The van der Waals surface area contributed by atoms with E-state index in [-0.39, 0.29) is 0 Å². The van der Waals surface area contributed by atoms with Crippen LogP contribution in [0.5, 0.6) is 5.75 Å². The summed E-state index contributed by atoms with van der Waals surface area (Å²) in [6, 6.07) is 8.11. The van der Waals surface area contributed by atoms with E-state index in [0.29, 0.717) is 0 Å². The molecule has 1 rings (SSSR count). The molecule has 5 nitrogen and oxygen atoms in total. The minimum Gasteiger partial charge on any atom is -0.496 e. The van der Waals surface area contributed by atoms with Crippen molar-refractivity contribution in [1.29, 1.82) is 0 Å². The highest BCUT2D eigenvalue weighted by Gasteiger charge is 2.09. The lowest BCUT2D eigenvalue weighted by Crippen LogP contribution is -2.39. The second kappa shape index (κ2) is 11.7. The van der Waals surface area contributed by atoms with E-state index in [4.69, 9.17) is 4.74 Å². The number of rotatable bonds is 10. The molecule has 0 radical (unpaired) electrons. The van der Waals surface area contributed by atoms with Crippen molar-refractivity contribution in [2.45, 2.75) is 33.2 Å². The summed E-state index contributed by atoms with van der Waals surface area (Å²) >= 11 is 0. The number of unbranched alkanes of at least 4 members (excludes halogenated alkanes) is 1. The molecule has 0 heterocycles. The standard InChI is InChI=1S/C19H34N4O/c1-6-23(7-2)15-11-10-14-21-19(20-3)22(4)16-17-12-8-9-13-18(17)24-5/h8-9,12-13H,6-7,10-11,14-16H2,1-5H3,(H,20,21). The maximum Gasteiger partial charge on any atom is 0.193 e. The number of hydrogen-bond donors (Lipinski definition) is 1. The number of nitrogens with zero attached hydrogens (tertiary/aromatic N) is 3. The van der Waals surface area contributed by atoms with Gasteiger partial charge in [0.15, 0.2) is 5.96 Å². The molecular weight excluding hydrogens is 300 g/mol. The number of aliphatic imine (C=N–C) groups is 1. The van der Waals surface area contributed by atoms with Crippen LogP contribution in [-0.4, -0.2) is 63.1 Å². The van der Waals surface area contributed by atoms with Gasteiger partial charge in [-0.2, -0.15) is 0 Å². The molecule has 0 saturated heterocycles.